The van der Waals surface area contributed by atoms with Crippen molar-refractivity contribution in [2.75, 3.05) is 0 Å². The lowest BCUT2D eigenvalue weighted by Gasteiger charge is -2.63. The summed E-state index contributed by atoms with van der Waals surface area (Å²) in [6, 6.07) is 0. The number of rotatable bonds is 2. The Morgan fingerprint density at radius 1 is 1.04 bits per heavy atom. The number of halogens is 1. The van der Waals surface area contributed by atoms with Crippen LogP contribution in [0.1, 0.15) is 78.6 Å². The molecule has 0 radical (unpaired) electrons. The molecule has 4 fully saturated rings. The van der Waals surface area contributed by atoms with Gasteiger partial charge in [0.25, 0.3) is 0 Å². The molecule has 142 valence electrons. The van der Waals surface area contributed by atoms with Gasteiger partial charge in [0.1, 0.15) is 28.6 Å². The van der Waals surface area contributed by atoms with Crippen molar-refractivity contribution in [2.24, 2.45) is 28.1 Å². The predicted octanol–water partition coefficient (Wildman–Crippen LogP) is 4.72. The lowest BCUT2D eigenvalue weighted by atomic mass is 9.41. The monoisotopic (exact) mass is 462 g/mol. The highest BCUT2D eigenvalue weighted by Gasteiger charge is 2.72. The van der Waals surface area contributed by atoms with E-state index in [1.54, 1.807) is 0 Å². The number of hydrogen-bond acceptors (Lipinski definition) is 3. The molecule has 7 unspecified atom stereocenters. The van der Waals surface area contributed by atoms with Crippen LogP contribution in [0, 0.1) is 28.1 Å². The Bertz CT molecular complexity index is 607. The van der Waals surface area contributed by atoms with Gasteiger partial charge in [0, 0.05) is 0 Å². The van der Waals surface area contributed by atoms with E-state index in [1.807, 2.05) is 36.9 Å². The summed E-state index contributed by atoms with van der Waals surface area (Å²) in [5.41, 5.74) is -1.60. The molecule has 7 atom stereocenters. The van der Waals surface area contributed by atoms with E-state index in [1.165, 1.54) is 0 Å². The largest absolute Gasteiger partial charge is 0.481 e. The molecule has 4 aliphatic carbocycles. The molecule has 0 aromatic carbocycles. The van der Waals surface area contributed by atoms with Gasteiger partial charge in [0.15, 0.2) is 0 Å². The summed E-state index contributed by atoms with van der Waals surface area (Å²) in [7, 11) is 0. The fourth-order valence-electron chi connectivity index (χ4n) is 8.15. The maximum atomic E-state index is 12.1. The van der Waals surface area contributed by atoms with Gasteiger partial charge in [-0.25, -0.2) is 0 Å². The van der Waals surface area contributed by atoms with Gasteiger partial charge in [-0.2, -0.15) is 0 Å². The van der Waals surface area contributed by atoms with E-state index in [9.17, 15) is 15.0 Å². The first-order chi connectivity index (χ1) is 11.6. The van der Waals surface area contributed by atoms with E-state index in [0.717, 1.165) is 57.8 Å². The summed E-state index contributed by atoms with van der Waals surface area (Å²) in [4.78, 5) is 12.1. The number of fused-ring (bicyclic) bond motifs is 3. The normalized spacial score (nSPS) is 57.6. The zero-order valence-electron chi connectivity index (χ0n) is 15.6. The molecule has 0 amide bonds. The van der Waals surface area contributed by atoms with Gasteiger partial charge in [-0.05, 0) is 87.9 Å². The zero-order chi connectivity index (χ0) is 18.3. The van der Waals surface area contributed by atoms with Gasteiger partial charge >= 0.3 is 5.97 Å². The molecule has 0 aromatic heterocycles. The van der Waals surface area contributed by atoms with E-state index < -0.39 is 22.6 Å². The van der Waals surface area contributed by atoms with Crippen LogP contribution in [0.5, 0.6) is 0 Å². The Labute approximate surface area is 164 Å². The minimum absolute atomic E-state index is 0.0709. The Morgan fingerprint density at radius 2 is 1.72 bits per heavy atom. The van der Waals surface area contributed by atoms with Crippen molar-refractivity contribution in [2.45, 2.75) is 89.8 Å². The standard InChI is InChI=1S/C20H31IO4/c1-16-7-4-8-17(2,15(22)23)13(16)5-9-19-11-18(3,24)20(12-19,25-21)10-6-14(16)19/h13-14,24H,4-12H2,1-3H3,(H,22,23). The molecule has 0 saturated heterocycles. The molecule has 0 heterocycles. The average Bonchev–Trinajstić information content (AvgIpc) is 2.69. The minimum atomic E-state index is -0.781. The molecule has 2 bridgehead atoms. The second-order valence-corrected chi connectivity index (χ2v) is 10.8. The van der Waals surface area contributed by atoms with Crippen molar-refractivity contribution in [1.82, 2.24) is 0 Å². The third-order valence-electron chi connectivity index (χ3n) is 9.23. The first kappa shape index (κ1) is 18.5. The molecular formula is C20H31IO4. The Balaban J connectivity index is 1.75. The molecule has 4 saturated carbocycles. The topological polar surface area (TPSA) is 66.8 Å². The fraction of sp³-hybridized carbons (Fsp3) is 0.950. The highest BCUT2D eigenvalue weighted by Crippen LogP contribution is 2.74. The molecule has 1 spiro atoms. The molecule has 4 aliphatic rings. The van der Waals surface area contributed by atoms with Crippen LogP contribution in [0.25, 0.3) is 0 Å². The highest BCUT2D eigenvalue weighted by atomic mass is 127. The van der Waals surface area contributed by atoms with Gasteiger partial charge in [0.05, 0.1) is 11.0 Å². The summed E-state index contributed by atoms with van der Waals surface area (Å²) in [6.07, 6.45) is 8.65. The molecule has 4 nitrogen and oxygen atoms in total. The van der Waals surface area contributed by atoms with Gasteiger partial charge in [0.2, 0.25) is 0 Å². The maximum absolute atomic E-state index is 12.1. The molecule has 25 heavy (non-hydrogen) atoms. The van der Waals surface area contributed by atoms with E-state index in [-0.39, 0.29) is 16.7 Å². The molecular weight excluding hydrogens is 431 g/mol. The van der Waals surface area contributed by atoms with E-state index in [2.05, 4.69) is 6.92 Å². The Morgan fingerprint density at radius 3 is 2.36 bits per heavy atom. The lowest BCUT2D eigenvalue weighted by molar-refractivity contribution is -0.184. The van der Waals surface area contributed by atoms with E-state index in [0.29, 0.717) is 5.92 Å². The van der Waals surface area contributed by atoms with Crippen molar-refractivity contribution in [3.8, 4) is 0 Å². The van der Waals surface area contributed by atoms with Crippen LogP contribution in [0.15, 0.2) is 0 Å². The first-order valence-corrected chi connectivity index (χ1v) is 10.7. The Hall–Kier alpha value is 0.120. The first-order valence-electron chi connectivity index (χ1n) is 9.81. The van der Waals surface area contributed by atoms with E-state index >= 15 is 0 Å². The summed E-state index contributed by atoms with van der Waals surface area (Å²) in [5, 5.41) is 21.2. The molecule has 0 aromatic rings. The lowest BCUT2D eigenvalue weighted by Crippen LogP contribution is -2.59. The second kappa shape index (κ2) is 5.34. The number of carboxylic acids is 1. The summed E-state index contributed by atoms with van der Waals surface area (Å²) < 4.78 is 5.90. The van der Waals surface area contributed by atoms with Crippen LogP contribution in [0.4, 0.5) is 0 Å². The quantitative estimate of drug-likeness (QED) is 0.583. The van der Waals surface area contributed by atoms with Crippen molar-refractivity contribution >= 4 is 29.0 Å². The van der Waals surface area contributed by atoms with Gasteiger partial charge in [-0.3, -0.25) is 4.79 Å². The van der Waals surface area contributed by atoms with Crippen molar-refractivity contribution in [1.29, 1.82) is 0 Å². The third kappa shape index (κ3) is 2.15. The molecule has 5 heteroatoms. The van der Waals surface area contributed by atoms with Crippen LogP contribution >= 0.6 is 23.0 Å². The number of aliphatic hydroxyl groups is 1. The third-order valence-corrected chi connectivity index (χ3v) is 10.1. The smallest absolute Gasteiger partial charge is 0.309 e. The SMILES string of the molecule is CC1(C(=O)O)CCCC2(C)C3CCC4(OI)CC3(CCC12)CC4(C)O. The summed E-state index contributed by atoms with van der Waals surface area (Å²) >= 11 is 1.99. The molecule has 0 aliphatic heterocycles. The van der Waals surface area contributed by atoms with Crippen molar-refractivity contribution in [3.63, 3.8) is 0 Å². The number of carboxylic acid groups (broad SMARTS) is 1. The van der Waals surface area contributed by atoms with Crippen LogP contribution in [0.3, 0.4) is 0 Å². The minimum Gasteiger partial charge on any atom is -0.481 e. The van der Waals surface area contributed by atoms with Crippen LogP contribution in [0.2, 0.25) is 0 Å². The highest BCUT2D eigenvalue weighted by molar-refractivity contribution is 14.1. The van der Waals surface area contributed by atoms with Crippen LogP contribution in [-0.2, 0) is 7.86 Å². The number of aliphatic carboxylic acids is 1. The maximum Gasteiger partial charge on any atom is 0.309 e. The van der Waals surface area contributed by atoms with Gasteiger partial charge < -0.3 is 13.3 Å². The van der Waals surface area contributed by atoms with Crippen LogP contribution < -0.4 is 0 Å². The van der Waals surface area contributed by atoms with Crippen molar-refractivity contribution < 1.29 is 18.1 Å². The average molecular weight is 462 g/mol. The van der Waals surface area contributed by atoms with E-state index in [4.69, 9.17) is 3.07 Å². The number of carbonyl (C=O) groups is 1. The van der Waals surface area contributed by atoms with Gasteiger partial charge in [-0.15, -0.1) is 0 Å². The number of hydrogen-bond donors (Lipinski definition) is 2. The van der Waals surface area contributed by atoms with Crippen molar-refractivity contribution in [3.05, 3.63) is 0 Å². The second-order valence-electron chi connectivity index (χ2n) is 10.3. The summed E-state index contributed by atoms with van der Waals surface area (Å²) in [5.74, 6) is 0.144. The molecule has 4 rings (SSSR count). The van der Waals surface area contributed by atoms with Gasteiger partial charge in [-0.1, -0.05) is 13.3 Å². The Kier molecular flexibility index (Phi) is 3.95. The predicted molar refractivity (Wildman–Crippen MR) is 103 cm³/mol. The molecule has 2 N–H and O–H groups in total. The zero-order valence-corrected chi connectivity index (χ0v) is 17.8. The van der Waals surface area contributed by atoms with Crippen LogP contribution in [-0.4, -0.2) is 27.4 Å². The summed E-state index contributed by atoms with van der Waals surface area (Å²) in [6.45, 7) is 6.31. The fourth-order valence-corrected chi connectivity index (χ4v) is 9.00.